The Balaban J connectivity index is 1.59. The van der Waals surface area contributed by atoms with Crippen molar-refractivity contribution >= 4 is 45.0 Å². The second-order valence-electron chi connectivity index (χ2n) is 9.87. The molecule has 2 fully saturated rings. The maximum absolute atomic E-state index is 13.5. The van der Waals surface area contributed by atoms with Crippen molar-refractivity contribution in [3.8, 4) is 0 Å². The number of halogens is 1. The summed E-state index contributed by atoms with van der Waals surface area (Å²) in [6.07, 6.45) is 2.22. The van der Waals surface area contributed by atoms with Crippen LogP contribution in [-0.4, -0.2) is 76.8 Å². The number of ether oxygens (including phenoxy) is 2. The molecule has 4 heterocycles. The van der Waals surface area contributed by atoms with Gasteiger partial charge < -0.3 is 25.6 Å². The van der Waals surface area contributed by atoms with Crippen LogP contribution < -0.4 is 11.1 Å². The Labute approximate surface area is 233 Å². The van der Waals surface area contributed by atoms with Crippen LogP contribution in [0, 0.1) is 6.92 Å². The predicted molar refractivity (Wildman–Crippen MR) is 146 cm³/mol. The number of hydrogen-bond donors (Lipinski definition) is 3. The number of esters is 1. The van der Waals surface area contributed by atoms with E-state index in [1.807, 2.05) is 30.5 Å². The van der Waals surface area contributed by atoms with Gasteiger partial charge in [-0.15, -0.1) is 11.3 Å². The molecule has 3 aliphatic heterocycles. The minimum absolute atomic E-state index is 0.215. The number of aliphatic imine (C=N–C) groups is 1. The molecular formula is C26H30BrN5O5S. The van der Waals surface area contributed by atoms with Crippen LogP contribution in [0.5, 0.6) is 0 Å². The fourth-order valence-electron chi connectivity index (χ4n) is 5.42. The number of morpholine rings is 1. The lowest BCUT2D eigenvalue weighted by Crippen LogP contribution is -2.67. The van der Waals surface area contributed by atoms with Crippen LogP contribution in [0.2, 0.25) is 0 Å². The Morgan fingerprint density at radius 3 is 2.68 bits per heavy atom. The van der Waals surface area contributed by atoms with Gasteiger partial charge in [0, 0.05) is 40.4 Å². The molecule has 0 spiro atoms. The van der Waals surface area contributed by atoms with Crippen molar-refractivity contribution in [1.82, 2.24) is 15.2 Å². The third kappa shape index (κ3) is 5.15. The number of aryl methyl sites for hydroxylation is 1. The van der Waals surface area contributed by atoms with Crippen molar-refractivity contribution in [2.45, 2.75) is 50.4 Å². The number of aromatic nitrogens is 1. The smallest absolute Gasteiger partial charge is 0.338 e. The lowest BCUT2D eigenvalue weighted by atomic mass is 9.79. The SMILES string of the molecule is CCOC(=O)C1=C(CN2C3COCC2CC(N)(C(=O)O)C3)NC(c2nccs2)=N[C@H]1c1ccc(C)cc1Br. The Hall–Kier alpha value is -2.64. The van der Waals surface area contributed by atoms with Crippen LogP contribution in [0.4, 0.5) is 0 Å². The molecule has 2 saturated heterocycles. The normalized spacial score (nSPS) is 27.5. The van der Waals surface area contributed by atoms with Gasteiger partial charge in [-0.3, -0.25) is 14.7 Å². The highest BCUT2D eigenvalue weighted by Crippen LogP contribution is 2.39. The highest BCUT2D eigenvalue weighted by molar-refractivity contribution is 9.10. The quantitative estimate of drug-likeness (QED) is 0.407. The van der Waals surface area contributed by atoms with Gasteiger partial charge in [-0.25, -0.2) is 9.78 Å². The molecule has 10 nitrogen and oxygen atoms in total. The first-order valence-corrected chi connectivity index (χ1v) is 14.1. The minimum Gasteiger partial charge on any atom is -0.480 e. The van der Waals surface area contributed by atoms with Crippen LogP contribution >= 0.6 is 27.3 Å². The van der Waals surface area contributed by atoms with Crippen molar-refractivity contribution in [2.75, 3.05) is 26.4 Å². The molecule has 3 atom stereocenters. The molecule has 38 heavy (non-hydrogen) atoms. The molecule has 1 aromatic heterocycles. The van der Waals surface area contributed by atoms with Crippen LogP contribution in [0.3, 0.4) is 0 Å². The second-order valence-corrected chi connectivity index (χ2v) is 11.6. The van der Waals surface area contributed by atoms with E-state index in [0.717, 1.165) is 15.6 Å². The maximum Gasteiger partial charge on any atom is 0.338 e. The number of rotatable bonds is 7. The van der Waals surface area contributed by atoms with Gasteiger partial charge in [0.25, 0.3) is 0 Å². The molecule has 5 rings (SSSR count). The van der Waals surface area contributed by atoms with Crippen LogP contribution in [-0.2, 0) is 19.1 Å². The number of nitrogens with two attached hydrogens (primary N) is 1. The maximum atomic E-state index is 13.5. The number of carboxylic acids is 1. The van der Waals surface area contributed by atoms with E-state index in [-0.39, 0.29) is 31.5 Å². The molecule has 0 radical (unpaired) electrons. The van der Waals surface area contributed by atoms with Gasteiger partial charge in [-0.2, -0.15) is 0 Å². The number of carbonyl (C=O) groups is 2. The molecule has 12 heteroatoms. The average molecular weight is 605 g/mol. The van der Waals surface area contributed by atoms with Gasteiger partial charge in [0.15, 0.2) is 10.8 Å². The van der Waals surface area contributed by atoms with E-state index in [1.165, 1.54) is 11.3 Å². The van der Waals surface area contributed by atoms with Crippen LogP contribution in [0.15, 0.2) is 50.5 Å². The van der Waals surface area contributed by atoms with Crippen molar-refractivity contribution in [2.24, 2.45) is 10.7 Å². The molecule has 0 amide bonds. The Kier molecular flexibility index (Phi) is 7.70. The van der Waals surface area contributed by atoms with Crippen LogP contribution in [0.1, 0.15) is 41.9 Å². The lowest BCUT2D eigenvalue weighted by molar-refractivity contribution is -0.153. The summed E-state index contributed by atoms with van der Waals surface area (Å²) in [5.74, 6) is -0.886. The predicted octanol–water partition coefficient (Wildman–Crippen LogP) is 2.77. The van der Waals surface area contributed by atoms with E-state index in [1.54, 1.807) is 13.1 Å². The summed E-state index contributed by atoms with van der Waals surface area (Å²) in [6, 6.07) is 4.89. The number of carbonyl (C=O) groups excluding carboxylic acids is 1. The molecule has 2 bridgehead atoms. The summed E-state index contributed by atoms with van der Waals surface area (Å²) in [5, 5.41) is 15.8. The molecule has 3 aliphatic rings. The molecule has 0 saturated carbocycles. The van der Waals surface area contributed by atoms with E-state index in [2.05, 4.69) is 31.1 Å². The number of thiazole rings is 1. The van der Waals surface area contributed by atoms with Crippen molar-refractivity contribution < 1.29 is 24.2 Å². The summed E-state index contributed by atoms with van der Waals surface area (Å²) < 4.78 is 12.1. The summed E-state index contributed by atoms with van der Waals surface area (Å²) in [7, 11) is 0. The van der Waals surface area contributed by atoms with Crippen molar-refractivity contribution in [3.05, 3.63) is 61.7 Å². The number of nitrogens with zero attached hydrogens (tertiary/aromatic N) is 3. The molecule has 2 aromatic rings. The molecule has 4 N–H and O–H groups in total. The third-order valence-corrected chi connectivity index (χ3v) is 8.70. The molecular weight excluding hydrogens is 574 g/mol. The minimum atomic E-state index is -1.31. The second kappa shape index (κ2) is 10.9. The first-order chi connectivity index (χ1) is 18.2. The topological polar surface area (TPSA) is 139 Å². The van der Waals surface area contributed by atoms with Gasteiger partial charge in [-0.1, -0.05) is 28.1 Å². The number of carboxylic acid groups (broad SMARTS) is 1. The largest absolute Gasteiger partial charge is 0.480 e. The lowest BCUT2D eigenvalue weighted by Gasteiger charge is -2.51. The summed E-state index contributed by atoms with van der Waals surface area (Å²) in [6.45, 7) is 5.08. The zero-order chi connectivity index (χ0) is 27.0. The number of piperidine rings is 1. The average Bonchev–Trinajstić information content (AvgIpc) is 3.39. The van der Waals surface area contributed by atoms with E-state index < -0.39 is 23.5 Å². The summed E-state index contributed by atoms with van der Waals surface area (Å²) >= 11 is 5.13. The number of hydrogen-bond acceptors (Lipinski definition) is 10. The van der Waals surface area contributed by atoms with Gasteiger partial charge in [-0.05, 0) is 43.9 Å². The molecule has 1 aromatic carbocycles. The number of amidine groups is 1. The molecule has 202 valence electrons. The van der Waals surface area contributed by atoms with E-state index >= 15 is 0 Å². The van der Waals surface area contributed by atoms with E-state index in [0.29, 0.717) is 41.9 Å². The fourth-order valence-corrected chi connectivity index (χ4v) is 6.72. The van der Waals surface area contributed by atoms with Crippen molar-refractivity contribution in [1.29, 1.82) is 0 Å². The Bertz CT molecular complexity index is 1280. The standard InChI is InChI=1S/C26H30BrN5O5S/c1-3-37-24(33)20-19(11-32-15-9-26(28,25(34)35)10-16(32)13-36-12-15)30-22(23-29-6-7-38-23)31-21(20)17-5-4-14(2)8-18(17)27/h4-8,15-16,21H,3,9-13,28H2,1-2H3,(H,30,31)(H,34,35)/t15?,16?,21-,26?/m0/s1. The van der Waals surface area contributed by atoms with Gasteiger partial charge in [0.1, 0.15) is 11.6 Å². The summed E-state index contributed by atoms with van der Waals surface area (Å²) in [5.41, 5.74) is 7.97. The first kappa shape index (κ1) is 26.9. The third-order valence-electron chi connectivity index (χ3n) is 7.23. The zero-order valence-electron chi connectivity index (χ0n) is 21.1. The van der Waals surface area contributed by atoms with Gasteiger partial charge in [0.05, 0.1) is 25.4 Å². The number of aliphatic carboxylic acids is 1. The van der Waals surface area contributed by atoms with E-state index in [4.69, 9.17) is 20.2 Å². The molecule has 2 unspecified atom stereocenters. The fraction of sp³-hybridized carbons (Fsp3) is 0.462. The number of benzene rings is 1. The highest BCUT2D eigenvalue weighted by Gasteiger charge is 2.49. The zero-order valence-corrected chi connectivity index (χ0v) is 23.5. The Morgan fingerprint density at radius 2 is 2.08 bits per heavy atom. The van der Waals surface area contributed by atoms with Gasteiger partial charge >= 0.3 is 11.9 Å². The van der Waals surface area contributed by atoms with Crippen molar-refractivity contribution in [3.63, 3.8) is 0 Å². The monoisotopic (exact) mass is 603 g/mol. The van der Waals surface area contributed by atoms with E-state index in [9.17, 15) is 14.7 Å². The summed E-state index contributed by atoms with van der Waals surface area (Å²) in [4.78, 5) is 37.0. The number of nitrogens with one attached hydrogen (secondary N) is 1. The molecule has 0 aliphatic carbocycles. The Morgan fingerprint density at radius 1 is 1.34 bits per heavy atom. The highest BCUT2D eigenvalue weighted by atomic mass is 79.9. The first-order valence-electron chi connectivity index (χ1n) is 12.5. The van der Waals surface area contributed by atoms with Crippen LogP contribution in [0.25, 0.3) is 0 Å². The van der Waals surface area contributed by atoms with Gasteiger partial charge in [0.2, 0.25) is 0 Å². The number of fused-ring (bicyclic) bond motifs is 2.